The third-order valence-corrected chi connectivity index (χ3v) is 10.1. The van der Waals surface area contributed by atoms with Crippen molar-refractivity contribution in [2.75, 3.05) is 61.7 Å². The summed E-state index contributed by atoms with van der Waals surface area (Å²) in [5.41, 5.74) is 1.98. The van der Waals surface area contributed by atoms with Crippen molar-refractivity contribution in [2.45, 2.75) is 32.1 Å². The molecular weight excluding hydrogens is 640 g/mol. The first-order valence-electron chi connectivity index (χ1n) is 16.8. The summed E-state index contributed by atoms with van der Waals surface area (Å²) in [7, 11) is 7.63. The zero-order valence-electron chi connectivity index (χ0n) is 29.2. The zero-order valence-corrected chi connectivity index (χ0v) is 29.2. The van der Waals surface area contributed by atoms with Crippen LogP contribution in [0.2, 0.25) is 0 Å². The maximum absolute atomic E-state index is 14.5. The number of fused-ring (bicyclic) bond motifs is 1. The second kappa shape index (κ2) is 14.8. The largest absolute Gasteiger partial charge is 0.493 e. The number of nitrogens with zero attached hydrogens (tertiary/aromatic N) is 3. The molecular formula is C38H44N4O8. The number of carbonyl (C=O) groups excluding carboxylic acids is 3. The van der Waals surface area contributed by atoms with Gasteiger partial charge in [-0.05, 0) is 93.7 Å². The third-order valence-electron chi connectivity index (χ3n) is 10.1. The van der Waals surface area contributed by atoms with Crippen molar-refractivity contribution in [3.8, 4) is 28.7 Å². The van der Waals surface area contributed by atoms with E-state index in [-0.39, 0.29) is 29.7 Å². The van der Waals surface area contributed by atoms with E-state index in [0.29, 0.717) is 73.2 Å². The molecule has 1 N–H and O–H groups in total. The maximum atomic E-state index is 14.5. The predicted octanol–water partition coefficient (Wildman–Crippen LogP) is 5.19. The van der Waals surface area contributed by atoms with E-state index in [4.69, 9.17) is 23.7 Å². The van der Waals surface area contributed by atoms with Gasteiger partial charge in [-0.1, -0.05) is 18.2 Å². The first-order valence-corrected chi connectivity index (χ1v) is 16.8. The highest BCUT2D eigenvalue weighted by atomic mass is 16.5. The summed E-state index contributed by atoms with van der Waals surface area (Å²) in [6, 6.07) is 16.5. The van der Waals surface area contributed by atoms with Crippen LogP contribution in [-0.4, -0.2) is 99.1 Å². The highest BCUT2D eigenvalue weighted by molar-refractivity contribution is 6.08. The number of piperidine rings is 1. The summed E-state index contributed by atoms with van der Waals surface area (Å²) in [6.07, 6.45) is 2.88. The van der Waals surface area contributed by atoms with Crippen LogP contribution in [0.3, 0.4) is 0 Å². The van der Waals surface area contributed by atoms with Crippen LogP contribution in [0.25, 0.3) is 11.0 Å². The standard InChI is InChI=1S/C38H44N4O8/c1-46-29-11-10-24(20-30(29)47-2)23-38(15-19-42(37(38)45)36(44)26-21-31(48-3)34(50-5)32(22-26)49-4)14-18-41-16-12-25(13-17-41)33(43)35-39-27-8-6-7-9-28(27)40-35/h6-11,20-22,25H,12-19,23H2,1-5H3,(H,39,40). The number of likely N-dealkylation sites (tertiary alicyclic amines) is 2. The van der Waals surface area contributed by atoms with Crippen molar-refractivity contribution in [1.29, 1.82) is 0 Å². The summed E-state index contributed by atoms with van der Waals surface area (Å²) in [5.74, 6) is 1.90. The van der Waals surface area contributed by atoms with E-state index in [1.54, 1.807) is 26.4 Å². The van der Waals surface area contributed by atoms with Gasteiger partial charge in [0.15, 0.2) is 28.8 Å². The Morgan fingerprint density at radius 1 is 0.840 bits per heavy atom. The predicted molar refractivity (Wildman–Crippen MR) is 187 cm³/mol. The van der Waals surface area contributed by atoms with Crippen molar-refractivity contribution >= 4 is 28.6 Å². The molecule has 0 radical (unpaired) electrons. The van der Waals surface area contributed by atoms with E-state index in [1.807, 2.05) is 42.5 Å². The van der Waals surface area contributed by atoms with Crippen molar-refractivity contribution in [2.24, 2.45) is 11.3 Å². The molecule has 0 bridgehead atoms. The van der Waals surface area contributed by atoms with Crippen LogP contribution in [-0.2, 0) is 11.2 Å². The number of H-pyrrole nitrogens is 1. The van der Waals surface area contributed by atoms with Crippen LogP contribution in [0.1, 0.15) is 52.2 Å². The van der Waals surface area contributed by atoms with Crippen molar-refractivity contribution in [3.05, 3.63) is 71.5 Å². The van der Waals surface area contributed by atoms with E-state index in [9.17, 15) is 14.4 Å². The molecule has 6 rings (SSSR count). The molecule has 2 amide bonds. The summed E-state index contributed by atoms with van der Waals surface area (Å²) in [4.78, 5) is 53.1. The van der Waals surface area contributed by atoms with Crippen LogP contribution in [0.4, 0.5) is 0 Å². The monoisotopic (exact) mass is 684 g/mol. The topological polar surface area (TPSA) is 133 Å². The third kappa shape index (κ3) is 6.72. The number of carbonyl (C=O) groups is 3. The Labute approximate surface area is 291 Å². The quantitative estimate of drug-likeness (QED) is 0.148. The highest BCUT2D eigenvalue weighted by Gasteiger charge is 2.49. The molecule has 0 saturated carbocycles. The fourth-order valence-electron chi connectivity index (χ4n) is 7.29. The summed E-state index contributed by atoms with van der Waals surface area (Å²) in [6.45, 7) is 2.38. The lowest BCUT2D eigenvalue weighted by Gasteiger charge is -2.34. The molecule has 50 heavy (non-hydrogen) atoms. The Morgan fingerprint density at radius 2 is 1.52 bits per heavy atom. The number of nitrogens with one attached hydrogen (secondary N) is 1. The Balaban J connectivity index is 1.20. The number of benzene rings is 3. The number of hydrogen-bond acceptors (Lipinski definition) is 10. The lowest BCUT2D eigenvalue weighted by atomic mass is 9.76. The number of ketones is 1. The fourth-order valence-corrected chi connectivity index (χ4v) is 7.29. The van der Waals surface area contributed by atoms with Crippen molar-refractivity contribution < 1.29 is 38.1 Å². The number of amides is 2. The number of aromatic nitrogens is 2. The second-order valence-electron chi connectivity index (χ2n) is 12.9. The molecule has 2 aliphatic rings. The van der Waals surface area contributed by atoms with Crippen LogP contribution in [0, 0.1) is 11.3 Å². The summed E-state index contributed by atoms with van der Waals surface area (Å²) >= 11 is 0. The SMILES string of the molecule is COc1ccc(CC2(CCN3CCC(C(=O)c4nc5ccccc5[nH]4)CC3)CCN(C(=O)c3cc(OC)c(OC)c(OC)c3)C2=O)cc1OC. The molecule has 2 fully saturated rings. The molecule has 1 unspecified atom stereocenters. The van der Waals surface area contributed by atoms with Gasteiger partial charge in [-0.2, -0.15) is 0 Å². The molecule has 2 saturated heterocycles. The fraction of sp³-hybridized carbons (Fsp3) is 0.421. The number of imidazole rings is 1. The van der Waals surface area contributed by atoms with E-state index in [2.05, 4.69) is 14.9 Å². The number of ether oxygens (including phenoxy) is 5. The molecule has 2 aliphatic heterocycles. The minimum absolute atomic E-state index is 0.0395. The zero-order chi connectivity index (χ0) is 35.4. The molecule has 1 aromatic heterocycles. The van der Waals surface area contributed by atoms with E-state index < -0.39 is 11.3 Å². The smallest absolute Gasteiger partial charge is 0.260 e. The summed E-state index contributed by atoms with van der Waals surface area (Å²) in [5, 5.41) is 0. The van der Waals surface area contributed by atoms with E-state index >= 15 is 0 Å². The molecule has 0 aliphatic carbocycles. The van der Waals surface area contributed by atoms with Crippen LogP contribution < -0.4 is 23.7 Å². The lowest BCUT2D eigenvalue weighted by molar-refractivity contribution is -0.134. The van der Waals surface area contributed by atoms with Gasteiger partial charge >= 0.3 is 0 Å². The molecule has 0 spiro atoms. The Morgan fingerprint density at radius 3 is 2.16 bits per heavy atom. The maximum Gasteiger partial charge on any atom is 0.260 e. The lowest BCUT2D eigenvalue weighted by Crippen LogP contribution is -2.43. The number of aromatic amines is 1. The van der Waals surface area contributed by atoms with Gasteiger partial charge in [0.1, 0.15) is 0 Å². The van der Waals surface area contributed by atoms with Crippen LogP contribution >= 0.6 is 0 Å². The van der Waals surface area contributed by atoms with Crippen LogP contribution in [0.5, 0.6) is 28.7 Å². The Hall–Kier alpha value is -5.10. The molecule has 3 heterocycles. The number of para-hydroxylation sites is 2. The number of imide groups is 1. The molecule has 3 aromatic carbocycles. The van der Waals surface area contributed by atoms with Gasteiger partial charge in [0.25, 0.3) is 5.91 Å². The van der Waals surface area contributed by atoms with Gasteiger partial charge < -0.3 is 33.6 Å². The van der Waals surface area contributed by atoms with Crippen molar-refractivity contribution in [3.63, 3.8) is 0 Å². The van der Waals surface area contributed by atoms with E-state index in [0.717, 1.165) is 29.7 Å². The number of rotatable bonds is 13. The molecule has 264 valence electrons. The molecule has 4 aromatic rings. The highest BCUT2D eigenvalue weighted by Crippen LogP contribution is 2.43. The number of hydrogen-bond donors (Lipinski definition) is 1. The first kappa shape index (κ1) is 34.8. The number of methoxy groups -OCH3 is 5. The number of Topliss-reactive ketones (excluding diaryl/α,β-unsaturated/α-hetero) is 1. The van der Waals surface area contributed by atoms with Gasteiger partial charge in [-0.25, -0.2) is 4.98 Å². The molecule has 12 heteroatoms. The second-order valence-corrected chi connectivity index (χ2v) is 12.9. The minimum atomic E-state index is -0.836. The Bertz CT molecular complexity index is 1820. The normalized spacial score (nSPS) is 18.3. The van der Waals surface area contributed by atoms with Crippen LogP contribution in [0.15, 0.2) is 54.6 Å². The van der Waals surface area contributed by atoms with Gasteiger partial charge in [-0.3, -0.25) is 19.3 Å². The van der Waals surface area contributed by atoms with Gasteiger partial charge in [-0.15, -0.1) is 0 Å². The summed E-state index contributed by atoms with van der Waals surface area (Å²) < 4.78 is 27.4. The molecule has 12 nitrogen and oxygen atoms in total. The molecule has 1 atom stereocenters. The first-order chi connectivity index (χ1) is 24.2. The van der Waals surface area contributed by atoms with Crippen molar-refractivity contribution in [1.82, 2.24) is 19.8 Å². The van der Waals surface area contributed by atoms with Gasteiger partial charge in [0, 0.05) is 18.0 Å². The van der Waals surface area contributed by atoms with Gasteiger partial charge in [0.05, 0.1) is 52.0 Å². The van der Waals surface area contributed by atoms with Gasteiger partial charge in [0.2, 0.25) is 17.4 Å². The average Bonchev–Trinajstić information content (AvgIpc) is 3.73. The average molecular weight is 685 g/mol. The van der Waals surface area contributed by atoms with E-state index in [1.165, 1.54) is 26.2 Å². The minimum Gasteiger partial charge on any atom is -0.493 e. The Kier molecular flexibility index (Phi) is 10.3.